The highest BCUT2D eigenvalue weighted by atomic mass is 19.1. The van der Waals surface area contributed by atoms with Gasteiger partial charge in [0.2, 0.25) is 0 Å². The summed E-state index contributed by atoms with van der Waals surface area (Å²) in [4.78, 5) is 0. The second-order valence-corrected chi connectivity index (χ2v) is 5.23. The zero-order valence-corrected chi connectivity index (χ0v) is 11.2. The lowest BCUT2D eigenvalue weighted by Crippen LogP contribution is -2.16. The highest BCUT2D eigenvalue weighted by molar-refractivity contribution is 6.08. The molecule has 0 saturated heterocycles. The highest BCUT2D eigenvalue weighted by Crippen LogP contribution is 2.33. The lowest BCUT2D eigenvalue weighted by Gasteiger charge is -2.21. The minimum absolute atomic E-state index is 0.0367. The van der Waals surface area contributed by atoms with Crippen LogP contribution in [0.3, 0.4) is 0 Å². The first-order valence-electron chi connectivity index (χ1n) is 6.87. The van der Waals surface area contributed by atoms with E-state index in [4.69, 9.17) is 4.74 Å². The molecule has 1 atom stereocenters. The maximum Gasteiger partial charge on any atom is 0.123 e. The van der Waals surface area contributed by atoms with Crippen LogP contribution in [0.15, 0.2) is 48.6 Å². The van der Waals surface area contributed by atoms with Crippen molar-refractivity contribution < 1.29 is 13.5 Å². The van der Waals surface area contributed by atoms with Gasteiger partial charge in [0.15, 0.2) is 0 Å². The topological polar surface area (TPSA) is 14.2 Å². The third-order valence-electron chi connectivity index (χ3n) is 3.92. The Balaban J connectivity index is 2.11. The largest absolute Gasteiger partial charge is 0.375 e. The number of aromatic nitrogens is 1. The van der Waals surface area contributed by atoms with Gasteiger partial charge in [0, 0.05) is 21.8 Å². The van der Waals surface area contributed by atoms with Crippen LogP contribution in [0.1, 0.15) is 6.04 Å². The number of hydrogen-bond acceptors (Lipinski definition) is 1. The monoisotopic (exact) mass is 285 g/mol. The van der Waals surface area contributed by atoms with Crippen molar-refractivity contribution in [3.05, 3.63) is 60.2 Å². The Morgan fingerprint density at radius 3 is 2.10 bits per heavy atom. The van der Waals surface area contributed by atoms with Crippen LogP contribution in [0.5, 0.6) is 0 Å². The van der Waals surface area contributed by atoms with Crippen LogP contribution in [0, 0.1) is 11.6 Å². The quantitative estimate of drug-likeness (QED) is 0.611. The van der Waals surface area contributed by atoms with Crippen molar-refractivity contribution in [1.29, 1.82) is 0 Å². The van der Waals surface area contributed by atoms with Crippen LogP contribution in [0.4, 0.5) is 8.78 Å². The fourth-order valence-electron chi connectivity index (χ4n) is 3.04. The van der Waals surface area contributed by atoms with Crippen LogP contribution in [0.25, 0.3) is 21.8 Å². The van der Waals surface area contributed by atoms with E-state index in [1.165, 1.54) is 24.3 Å². The van der Waals surface area contributed by atoms with Crippen molar-refractivity contribution in [3.63, 3.8) is 0 Å². The van der Waals surface area contributed by atoms with E-state index in [1.807, 2.05) is 6.08 Å². The number of benzene rings is 2. The Labute approximate surface area is 120 Å². The predicted octanol–water partition coefficient (Wildman–Crippen LogP) is 4.20. The Morgan fingerprint density at radius 2 is 1.57 bits per heavy atom. The van der Waals surface area contributed by atoms with Gasteiger partial charge >= 0.3 is 0 Å². The maximum absolute atomic E-state index is 13.6. The summed E-state index contributed by atoms with van der Waals surface area (Å²) >= 11 is 0. The van der Waals surface area contributed by atoms with Gasteiger partial charge in [-0.25, -0.2) is 8.78 Å². The number of fused-ring (bicyclic) bond motifs is 3. The van der Waals surface area contributed by atoms with Crippen molar-refractivity contribution in [2.45, 2.75) is 6.04 Å². The normalized spacial score (nSPS) is 18.7. The molecule has 0 spiro atoms. The molecule has 0 aliphatic carbocycles. The van der Waals surface area contributed by atoms with E-state index in [-0.39, 0.29) is 17.7 Å². The summed E-state index contributed by atoms with van der Waals surface area (Å²) in [6.07, 6.45) is 4.05. The SMILES string of the molecule is Fc1ccc2c(c1)c1cc(F)ccc1n2C1C=CCOC1. The second-order valence-electron chi connectivity index (χ2n) is 5.23. The van der Waals surface area contributed by atoms with Crippen molar-refractivity contribution in [2.75, 3.05) is 13.2 Å². The summed E-state index contributed by atoms with van der Waals surface area (Å²) in [7, 11) is 0. The smallest absolute Gasteiger partial charge is 0.123 e. The number of ether oxygens (including phenoxy) is 1. The molecule has 4 heteroatoms. The molecule has 1 unspecified atom stereocenters. The molecule has 0 fully saturated rings. The van der Waals surface area contributed by atoms with Gasteiger partial charge in [-0.1, -0.05) is 12.2 Å². The average Bonchev–Trinajstić information content (AvgIpc) is 2.81. The number of rotatable bonds is 1. The zero-order chi connectivity index (χ0) is 14.4. The van der Waals surface area contributed by atoms with E-state index in [0.717, 1.165) is 21.8 Å². The lowest BCUT2D eigenvalue weighted by atomic mass is 10.1. The average molecular weight is 285 g/mol. The van der Waals surface area contributed by atoms with E-state index in [9.17, 15) is 8.78 Å². The van der Waals surface area contributed by atoms with E-state index in [0.29, 0.717) is 13.2 Å². The summed E-state index contributed by atoms with van der Waals surface area (Å²) < 4.78 is 34.7. The van der Waals surface area contributed by atoms with Gasteiger partial charge in [0.05, 0.1) is 19.3 Å². The molecule has 2 nitrogen and oxygen atoms in total. The van der Waals surface area contributed by atoms with E-state index >= 15 is 0 Å². The Kier molecular flexibility index (Phi) is 2.79. The minimum atomic E-state index is -0.318. The molecule has 4 rings (SSSR count). The molecule has 2 heterocycles. The number of halogens is 2. The molecule has 0 saturated carbocycles. The molecule has 3 aromatic rings. The third-order valence-corrected chi connectivity index (χ3v) is 3.92. The molecule has 0 N–H and O–H groups in total. The minimum Gasteiger partial charge on any atom is -0.375 e. The van der Waals surface area contributed by atoms with E-state index in [2.05, 4.69) is 10.6 Å². The fraction of sp³-hybridized carbons (Fsp3) is 0.176. The van der Waals surface area contributed by atoms with Crippen molar-refractivity contribution in [1.82, 2.24) is 4.57 Å². The van der Waals surface area contributed by atoms with Gasteiger partial charge in [-0.3, -0.25) is 0 Å². The predicted molar refractivity (Wildman–Crippen MR) is 78.4 cm³/mol. The van der Waals surface area contributed by atoms with E-state index in [1.54, 1.807) is 12.1 Å². The van der Waals surface area contributed by atoms with Gasteiger partial charge < -0.3 is 9.30 Å². The first-order chi connectivity index (χ1) is 10.2. The Morgan fingerprint density at radius 1 is 0.952 bits per heavy atom. The van der Waals surface area contributed by atoms with Gasteiger partial charge in [-0.2, -0.15) is 0 Å². The molecule has 106 valence electrons. The molecule has 1 aliphatic heterocycles. The van der Waals surface area contributed by atoms with Crippen LogP contribution in [0.2, 0.25) is 0 Å². The molecular formula is C17H13F2NO. The van der Waals surface area contributed by atoms with Crippen molar-refractivity contribution in [2.24, 2.45) is 0 Å². The maximum atomic E-state index is 13.6. The summed E-state index contributed by atoms with van der Waals surface area (Å²) in [6.45, 7) is 1.17. The third kappa shape index (κ3) is 1.94. The molecule has 1 aliphatic rings. The standard InChI is InChI=1S/C17H13F2NO/c18-11-3-5-16-14(8-11)15-9-12(19)4-6-17(15)20(16)13-2-1-7-21-10-13/h1-6,8-9,13H,7,10H2. The summed E-state index contributed by atoms with van der Waals surface area (Å²) in [5.74, 6) is -0.637. The van der Waals surface area contributed by atoms with Gasteiger partial charge in [0.25, 0.3) is 0 Å². The molecule has 21 heavy (non-hydrogen) atoms. The second kappa shape index (κ2) is 4.67. The molecule has 0 radical (unpaired) electrons. The zero-order valence-electron chi connectivity index (χ0n) is 11.2. The summed E-state index contributed by atoms with van der Waals surface area (Å²) in [5, 5.41) is 1.45. The van der Waals surface area contributed by atoms with Gasteiger partial charge in [-0.15, -0.1) is 0 Å². The number of nitrogens with zero attached hydrogens (tertiary/aromatic N) is 1. The van der Waals surface area contributed by atoms with Crippen molar-refractivity contribution >= 4 is 21.8 Å². The van der Waals surface area contributed by atoms with Crippen molar-refractivity contribution in [3.8, 4) is 0 Å². The van der Waals surface area contributed by atoms with Gasteiger partial charge in [0.1, 0.15) is 11.6 Å². The summed E-state index contributed by atoms with van der Waals surface area (Å²) in [6, 6.07) is 9.30. The van der Waals surface area contributed by atoms with E-state index < -0.39 is 0 Å². The Hall–Kier alpha value is -2.20. The summed E-state index contributed by atoms with van der Waals surface area (Å²) in [5.41, 5.74) is 1.77. The van der Waals surface area contributed by atoms with Crippen LogP contribution < -0.4 is 0 Å². The van der Waals surface area contributed by atoms with Crippen LogP contribution >= 0.6 is 0 Å². The first kappa shape index (κ1) is 12.5. The highest BCUT2D eigenvalue weighted by Gasteiger charge is 2.19. The fourth-order valence-corrected chi connectivity index (χ4v) is 3.04. The first-order valence-corrected chi connectivity index (χ1v) is 6.87. The molecule has 0 amide bonds. The van der Waals surface area contributed by atoms with Gasteiger partial charge in [-0.05, 0) is 36.4 Å². The molecule has 1 aromatic heterocycles. The van der Waals surface area contributed by atoms with Crippen LogP contribution in [-0.2, 0) is 4.74 Å². The lowest BCUT2D eigenvalue weighted by molar-refractivity contribution is 0.131. The number of hydrogen-bond donors (Lipinski definition) is 0. The molecule has 0 bridgehead atoms. The molecular weight excluding hydrogens is 272 g/mol. The molecule has 2 aromatic carbocycles. The Bertz CT molecular complexity index is 807. The van der Waals surface area contributed by atoms with Crippen LogP contribution in [-0.4, -0.2) is 17.8 Å².